The van der Waals surface area contributed by atoms with E-state index in [4.69, 9.17) is 0 Å². The zero-order valence-corrected chi connectivity index (χ0v) is 15.4. The van der Waals surface area contributed by atoms with Gasteiger partial charge in [0.15, 0.2) is 0 Å². The van der Waals surface area contributed by atoms with Crippen LogP contribution in [0.2, 0.25) is 0 Å². The molecule has 0 nitrogen and oxygen atoms in total. The average Bonchev–Trinajstić information content (AvgIpc) is 2.80. The van der Waals surface area contributed by atoms with Crippen LogP contribution in [0.1, 0.15) is 38.7 Å². The van der Waals surface area contributed by atoms with Crippen molar-refractivity contribution < 1.29 is 49.5 Å². The summed E-state index contributed by atoms with van der Waals surface area (Å²) in [5.74, 6) is 0. The van der Waals surface area contributed by atoms with E-state index in [-0.39, 0.29) is 30.2 Å². The number of hydrogen-bond acceptors (Lipinski definition) is 0. The molecule has 3 heteroatoms. The topological polar surface area (TPSA) is 0 Å². The summed E-state index contributed by atoms with van der Waals surface area (Å²) in [6.45, 7) is 4.64. The van der Waals surface area contributed by atoms with Gasteiger partial charge in [-0.25, -0.2) is 0 Å². The predicted molar refractivity (Wildman–Crippen MR) is 69.5 cm³/mol. The van der Waals surface area contributed by atoms with E-state index in [9.17, 15) is 0 Å². The smallest absolute Gasteiger partial charge is 1.00 e. The van der Waals surface area contributed by atoms with Crippen LogP contribution in [-0.2, 0) is 30.1 Å². The van der Waals surface area contributed by atoms with Gasteiger partial charge in [0.1, 0.15) is 0 Å². The van der Waals surface area contributed by atoms with E-state index in [2.05, 4.69) is 56.3 Å². The summed E-state index contributed by atoms with van der Waals surface area (Å²) in [5, 5.41) is 0. The van der Waals surface area contributed by atoms with Crippen molar-refractivity contribution in [1.82, 2.24) is 0 Å². The maximum absolute atomic E-state index is 2.37. The van der Waals surface area contributed by atoms with Gasteiger partial charge in [-0.3, -0.25) is 0 Å². The number of rotatable bonds is 4. The van der Waals surface area contributed by atoms with Gasteiger partial charge < -0.3 is 24.8 Å². The molecule has 0 atom stereocenters. The fraction of sp³-hybridized carbons (Fsp3) is 0.375. The fourth-order valence-electron chi connectivity index (χ4n) is 2.91. The summed E-state index contributed by atoms with van der Waals surface area (Å²) in [6, 6.07) is 11.0. The molecule has 101 valence electrons. The van der Waals surface area contributed by atoms with Crippen LogP contribution in [0.15, 0.2) is 51.3 Å². The van der Waals surface area contributed by atoms with E-state index in [0.717, 1.165) is 0 Å². The number of hydrogen-bond donors (Lipinski definition) is 0. The molecule has 0 radical (unpaired) electrons. The van der Waals surface area contributed by atoms with Crippen molar-refractivity contribution in [3.8, 4) is 0 Å². The molecule has 0 heterocycles. The minimum atomic E-state index is 0. The Bertz CT molecular complexity index is 445. The summed E-state index contributed by atoms with van der Waals surface area (Å²) in [6.07, 6.45) is 8.23. The van der Waals surface area contributed by atoms with Crippen molar-refractivity contribution >= 4 is 0 Å². The van der Waals surface area contributed by atoms with Crippen LogP contribution in [0.3, 0.4) is 0 Å². The quantitative estimate of drug-likeness (QED) is 0.604. The van der Waals surface area contributed by atoms with Crippen LogP contribution >= 0.6 is 0 Å². The van der Waals surface area contributed by atoms with Crippen LogP contribution < -0.4 is 24.8 Å². The third-order valence-corrected chi connectivity index (χ3v) is 5.14. The summed E-state index contributed by atoms with van der Waals surface area (Å²) in [5.41, 5.74) is 3.31. The average molecular weight is 373 g/mol. The molecule has 0 saturated carbocycles. The maximum atomic E-state index is 2.37. The molecule has 0 saturated heterocycles. The summed E-state index contributed by atoms with van der Waals surface area (Å²) < 4.78 is 1.63. The van der Waals surface area contributed by atoms with E-state index in [1.54, 1.807) is 33.6 Å². The molecule has 0 N–H and O–H groups in total. The van der Waals surface area contributed by atoms with Gasteiger partial charge in [-0.15, -0.1) is 0 Å². The maximum Gasteiger partial charge on any atom is -1.00 e. The van der Waals surface area contributed by atoms with Gasteiger partial charge >= 0.3 is 120 Å². The van der Waals surface area contributed by atoms with E-state index in [1.165, 1.54) is 24.8 Å². The molecule has 1 aliphatic carbocycles. The number of benzene rings is 1. The van der Waals surface area contributed by atoms with Gasteiger partial charge in [0.05, 0.1) is 0 Å². The van der Waals surface area contributed by atoms with Gasteiger partial charge in [-0.1, -0.05) is 0 Å². The van der Waals surface area contributed by atoms with Crippen LogP contribution in [0.4, 0.5) is 0 Å². The Hall–Kier alpha value is 0.163. The van der Waals surface area contributed by atoms with E-state index >= 15 is 0 Å². The van der Waals surface area contributed by atoms with Crippen LogP contribution in [0.25, 0.3) is 0 Å². The second-order valence-corrected chi connectivity index (χ2v) is 6.14. The van der Waals surface area contributed by atoms with Gasteiger partial charge in [-0.2, -0.15) is 0 Å². The molecule has 0 fully saturated rings. The fourth-order valence-corrected chi connectivity index (χ4v) is 3.99. The minimum Gasteiger partial charge on any atom is -1.00 e. The molecule has 0 aliphatic heterocycles. The Morgan fingerprint density at radius 3 is 2.05 bits per heavy atom. The van der Waals surface area contributed by atoms with Crippen molar-refractivity contribution in [3.05, 3.63) is 56.9 Å². The Labute approximate surface area is 144 Å². The van der Waals surface area contributed by atoms with Crippen molar-refractivity contribution in [3.63, 3.8) is 0 Å². The third-order valence-electron chi connectivity index (χ3n) is 3.98. The van der Waals surface area contributed by atoms with Crippen LogP contribution in [-0.4, -0.2) is 0 Å². The predicted octanol–water partition coefficient (Wildman–Crippen LogP) is -1.49. The third kappa shape index (κ3) is 3.63. The van der Waals surface area contributed by atoms with Crippen LogP contribution in [0, 0.1) is 0 Å². The van der Waals surface area contributed by atoms with Crippen LogP contribution in [0.5, 0.6) is 0 Å². The molecule has 0 unspecified atom stereocenters. The Balaban J connectivity index is 0.00000162. The van der Waals surface area contributed by atoms with Gasteiger partial charge in [-0.05, 0) is 0 Å². The number of allylic oxidation sites excluding steroid dienone is 4. The molecule has 1 aromatic rings. The van der Waals surface area contributed by atoms with Gasteiger partial charge in [0.2, 0.25) is 0 Å². The first-order chi connectivity index (χ1) is 8.24. The van der Waals surface area contributed by atoms with Gasteiger partial charge in [0, 0.05) is 0 Å². The Kier molecular flexibility index (Phi) is 8.52. The van der Waals surface area contributed by atoms with Crippen molar-refractivity contribution in [1.29, 1.82) is 0 Å². The second kappa shape index (κ2) is 8.45. The monoisotopic (exact) mass is 371 g/mol. The van der Waals surface area contributed by atoms with E-state index in [0.29, 0.717) is 0 Å². The molecule has 0 aromatic heterocycles. The summed E-state index contributed by atoms with van der Waals surface area (Å²) in [4.78, 5) is 0. The van der Waals surface area contributed by atoms with Crippen molar-refractivity contribution in [2.45, 2.75) is 38.5 Å². The zero-order chi connectivity index (χ0) is 12.3. The standard InChI is InChI=1S/C16H19.2ClH.Zr/c1-3-16(4-2,15-12-8-9-13-15)14-10-6-5-7-11-14;;;/h5-8,10-12H,3-4,9H2,1-2H3;2*1H;/q;;;+2/p-2. The molecular weight excluding hydrogens is 354 g/mol. The SMILES string of the molecule is CCC(CC)(C1=[C]([Zr+2])CC=C1)c1ccccc1.[Cl-].[Cl-]. The van der Waals surface area contributed by atoms with Gasteiger partial charge in [0.25, 0.3) is 0 Å². The molecule has 19 heavy (non-hydrogen) atoms. The summed E-state index contributed by atoms with van der Waals surface area (Å²) >= 11 is 1.58. The second-order valence-electron chi connectivity index (χ2n) is 4.65. The molecule has 1 aromatic carbocycles. The normalized spacial score (nSPS) is 14.1. The minimum absolute atomic E-state index is 0. The first-order valence-corrected chi connectivity index (χ1v) is 7.64. The first-order valence-electron chi connectivity index (χ1n) is 6.42. The van der Waals surface area contributed by atoms with Crippen molar-refractivity contribution in [2.24, 2.45) is 0 Å². The van der Waals surface area contributed by atoms with Crippen molar-refractivity contribution in [2.75, 3.05) is 0 Å². The molecule has 0 spiro atoms. The molecule has 0 bridgehead atoms. The van der Waals surface area contributed by atoms with E-state index < -0.39 is 0 Å². The molecule has 0 amide bonds. The zero-order valence-electron chi connectivity index (χ0n) is 11.4. The van der Waals surface area contributed by atoms with E-state index in [1.807, 2.05) is 0 Å². The number of halogens is 2. The summed E-state index contributed by atoms with van der Waals surface area (Å²) in [7, 11) is 0. The Morgan fingerprint density at radius 1 is 1.05 bits per heavy atom. The molecule has 2 rings (SSSR count). The molecule has 1 aliphatic rings. The molecular formula is C16H19Cl2Zr. The largest absolute Gasteiger partial charge is 1.00 e. The first kappa shape index (κ1) is 19.2. The Morgan fingerprint density at radius 2 is 1.63 bits per heavy atom.